The first-order chi connectivity index (χ1) is 10.3. The number of para-hydroxylation sites is 1. The van der Waals surface area contributed by atoms with Crippen molar-refractivity contribution < 1.29 is 0 Å². The first kappa shape index (κ1) is 13.5. The lowest BCUT2D eigenvalue weighted by Gasteiger charge is -2.05. The molecule has 8 nitrogen and oxygen atoms in total. The van der Waals surface area contributed by atoms with Crippen LogP contribution in [0.5, 0.6) is 0 Å². The molecule has 2 aromatic heterocycles. The lowest BCUT2D eigenvalue weighted by Crippen LogP contribution is -2.10. The van der Waals surface area contributed by atoms with Crippen LogP contribution in [0.3, 0.4) is 0 Å². The molecule has 0 aliphatic rings. The predicted octanol–water partition coefficient (Wildman–Crippen LogP) is 1.20. The van der Waals surface area contributed by atoms with Crippen molar-refractivity contribution in [2.24, 2.45) is 5.84 Å². The van der Waals surface area contributed by atoms with E-state index in [0.29, 0.717) is 21.8 Å². The zero-order valence-corrected chi connectivity index (χ0v) is 11.9. The largest absolute Gasteiger partial charge is 0.308 e. The van der Waals surface area contributed by atoms with Crippen LogP contribution in [-0.4, -0.2) is 30.2 Å². The molecule has 9 heteroatoms. The Morgan fingerprint density at radius 3 is 2.76 bits per heavy atom. The average Bonchev–Trinajstić information content (AvgIpc) is 2.95. The van der Waals surface area contributed by atoms with E-state index in [9.17, 15) is 0 Å². The van der Waals surface area contributed by atoms with Gasteiger partial charge in [0, 0.05) is 6.07 Å². The van der Waals surface area contributed by atoms with E-state index in [1.807, 2.05) is 30.3 Å². The van der Waals surface area contributed by atoms with Gasteiger partial charge in [0.1, 0.15) is 16.7 Å². The molecule has 0 atom stereocenters. The molecule has 0 saturated carbocycles. The lowest BCUT2D eigenvalue weighted by molar-refractivity contribution is 0.755. The van der Waals surface area contributed by atoms with Crippen molar-refractivity contribution in [2.45, 2.75) is 17.1 Å². The molecule has 0 unspecified atom stereocenters. The summed E-state index contributed by atoms with van der Waals surface area (Å²) in [6.07, 6.45) is 0. The molecule has 0 spiro atoms. The molecule has 0 fully saturated rings. The molecule has 3 N–H and O–H groups in total. The molecule has 0 aliphatic carbocycles. The highest BCUT2D eigenvalue weighted by atomic mass is 32.2. The molecule has 3 aromatic rings. The number of nitrogens with zero attached hydrogens (tertiary/aromatic N) is 6. The van der Waals surface area contributed by atoms with Crippen LogP contribution in [0, 0.1) is 6.92 Å². The van der Waals surface area contributed by atoms with Gasteiger partial charge in [-0.05, 0) is 41.2 Å². The van der Waals surface area contributed by atoms with E-state index in [4.69, 9.17) is 5.84 Å². The van der Waals surface area contributed by atoms with Crippen LogP contribution in [0.1, 0.15) is 5.82 Å². The Morgan fingerprint density at radius 2 is 2.00 bits per heavy atom. The quantitative estimate of drug-likeness (QED) is 0.420. The van der Waals surface area contributed by atoms with Gasteiger partial charge in [-0.15, -0.1) is 5.10 Å². The molecule has 21 heavy (non-hydrogen) atoms. The van der Waals surface area contributed by atoms with Crippen molar-refractivity contribution in [3.05, 3.63) is 42.2 Å². The molecule has 0 saturated heterocycles. The maximum atomic E-state index is 5.39. The highest BCUT2D eigenvalue weighted by Crippen LogP contribution is 2.26. The SMILES string of the molecule is Cc1nc(NN)cc(Sc2nnnn2-c2ccccc2)n1. The summed E-state index contributed by atoms with van der Waals surface area (Å²) in [7, 11) is 0. The van der Waals surface area contributed by atoms with Crippen LogP contribution in [0.4, 0.5) is 5.82 Å². The summed E-state index contributed by atoms with van der Waals surface area (Å²) in [6, 6.07) is 11.4. The van der Waals surface area contributed by atoms with E-state index in [0.717, 1.165) is 5.69 Å². The lowest BCUT2D eigenvalue weighted by atomic mass is 10.3. The second-order valence-electron chi connectivity index (χ2n) is 4.09. The van der Waals surface area contributed by atoms with E-state index in [1.54, 1.807) is 17.7 Å². The highest BCUT2D eigenvalue weighted by Gasteiger charge is 2.12. The summed E-state index contributed by atoms with van der Waals surface area (Å²) in [5.41, 5.74) is 3.39. The number of nitrogen functional groups attached to an aromatic ring is 1. The van der Waals surface area contributed by atoms with Crippen molar-refractivity contribution in [3.63, 3.8) is 0 Å². The Hall–Kier alpha value is -2.52. The Bertz CT molecular complexity index is 742. The minimum atomic E-state index is 0.545. The Labute approximate surface area is 124 Å². The second kappa shape index (κ2) is 5.85. The zero-order chi connectivity index (χ0) is 14.7. The summed E-state index contributed by atoms with van der Waals surface area (Å²) < 4.78 is 1.65. The predicted molar refractivity (Wildman–Crippen MR) is 77.9 cm³/mol. The van der Waals surface area contributed by atoms with Gasteiger partial charge in [-0.3, -0.25) is 0 Å². The fourth-order valence-electron chi connectivity index (χ4n) is 1.73. The summed E-state index contributed by atoms with van der Waals surface area (Å²) >= 11 is 1.34. The molecular weight excluding hydrogens is 288 g/mol. The summed E-state index contributed by atoms with van der Waals surface area (Å²) in [5, 5.41) is 13.1. The van der Waals surface area contributed by atoms with Crippen LogP contribution in [0.15, 0.2) is 46.6 Å². The van der Waals surface area contributed by atoms with Gasteiger partial charge in [0.2, 0.25) is 5.16 Å². The Balaban J connectivity index is 1.93. The number of hydrogen-bond acceptors (Lipinski definition) is 8. The van der Waals surface area contributed by atoms with Gasteiger partial charge in [-0.25, -0.2) is 15.8 Å². The number of aromatic nitrogens is 6. The monoisotopic (exact) mass is 300 g/mol. The number of aryl methyl sites for hydroxylation is 1. The molecule has 0 amide bonds. The molecule has 1 aromatic carbocycles. The minimum Gasteiger partial charge on any atom is -0.308 e. The fourth-order valence-corrected chi connectivity index (χ4v) is 2.57. The fraction of sp³-hybridized carbons (Fsp3) is 0.0833. The van der Waals surface area contributed by atoms with Gasteiger partial charge in [0.25, 0.3) is 0 Å². The topological polar surface area (TPSA) is 107 Å². The maximum Gasteiger partial charge on any atom is 0.220 e. The van der Waals surface area contributed by atoms with Crippen LogP contribution >= 0.6 is 11.8 Å². The number of hydrogen-bond donors (Lipinski definition) is 2. The molecule has 3 rings (SSSR count). The smallest absolute Gasteiger partial charge is 0.220 e. The van der Waals surface area contributed by atoms with Gasteiger partial charge >= 0.3 is 0 Å². The zero-order valence-electron chi connectivity index (χ0n) is 11.1. The van der Waals surface area contributed by atoms with Crippen LogP contribution in [0.25, 0.3) is 5.69 Å². The van der Waals surface area contributed by atoms with E-state index in [-0.39, 0.29) is 0 Å². The van der Waals surface area contributed by atoms with E-state index < -0.39 is 0 Å². The molecule has 0 aliphatic heterocycles. The third-order valence-electron chi connectivity index (χ3n) is 2.60. The molecule has 0 radical (unpaired) electrons. The third kappa shape index (κ3) is 2.98. The molecule has 0 bridgehead atoms. The van der Waals surface area contributed by atoms with Gasteiger partial charge in [0.05, 0.1) is 5.69 Å². The van der Waals surface area contributed by atoms with E-state index in [1.165, 1.54) is 11.8 Å². The minimum absolute atomic E-state index is 0.545. The number of benzene rings is 1. The van der Waals surface area contributed by atoms with Crippen molar-refractivity contribution in [1.29, 1.82) is 0 Å². The van der Waals surface area contributed by atoms with Crippen LogP contribution in [0.2, 0.25) is 0 Å². The molecule has 2 heterocycles. The normalized spacial score (nSPS) is 10.6. The summed E-state index contributed by atoms with van der Waals surface area (Å²) in [5.74, 6) is 6.55. The number of anilines is 1. The van der Waals surface area contributed by atoms with Gasteiger partial charge in [-0.2, -0.15) is 4.68 Å². The first-order valence-corrected chi connectivity index (χ1v) is 6.92. The summed E-state index contributed by atoms with van der Waals surface area (Å²) in [4.78, 5) is 8.48. The summed E-state index contributed by atoms with van der Waals surface area (Å²) in [6.45, 7) is 1.80. The van der Waals surface area contributed by atoms with E-state index in [2.05, 4.69) is 30.9 Å². The maximum absolute atomic E-state index is 5.39. The van der Waals surface area contributed by atoms with Crippen molar-refractivity contribution in [2.75, 3.05) is 5.43 Å². The average molecular weight is 300 g/mol. The number of nitrogens with one attached hydrogen (secondary N) is 1. The van der Waals surface area contributed by atoms with Crippen molar-refractivity contribution in [1.82, 2.24) is 30.2 Å². The third-order valence-corrected chi connectivity index (χ3v) is 3.46. The van der Waals surface area contributed by atoms with Gasteiger partial charge in [0.15, 0.2) is 0 Å². The standard InChI is InChI=1S/C12H12N8S/c1-8-14-10(16-13)7-11(15-8)21-12-17-18-19-20(12)9-5-3-2-4-6-9/h2-7H,13H2,1H3,(H,14,15,16). The molecule has 106 valence electrons. The molecular formula is C12H12N8S. The first-order valence-electron chi connectivity index (χ1n) is 6.10. The van der Waals surface area contributed by atoms with Crippen molar-refractivity contribution >= 4 is 17.6 Å². The van der Waals surface area contributed by atoms with Gasteiger partial charge < -0.3 is 5.43 Å². The Morgan fingerprint density at radius 1 is 1.19 bits per heavy atom. The number of nitrogens with two attached hydrogens (primary N) is 1. The van der Waals surface area contributed by atoms with Crippen LogP contribution < -0.4 is 11.3 Å². The van der Waals surface area contributed by atoms with Crippen molar-refractivity contribution in [3.8, 4) is 5.69 Å². The van der Waals surface area contributed by atoms with Crippen LogP contribution in [-0.2, 0) is 0 Å². The Kier molecular flexibility index (Phi) is 3.75. The number of tetrazole rings is 1. The second-order valence-corrected chi connectivity index (χ2v) is 5.08. The highest BCUT2D eigenvalue weighted by molar-refractivity contribution is 7.99. The number of hydrazine groups is 1. The van der Waals surface area contributed by atoms with Gasteiger partial charge in [-0.1, -0.05) is 18.2 Å². The van der Waals surface area contributed by atoms with E-state index >= 15 is 0 Å². The number of rotatable bonds is 4.